The maximum Gasteiger partial charge on any atom is 0.230 e. The zero-order chi connectivity index (χ0) is 14.9. The number of piperidine rings is 1. The first kappa shape index (κ1) is 14.1. The lowest BCUT2D eigenvalue weighted by atomic mass is 10.1. The minimum Gasteiger partial charge on any atom is -0.297 e. The predicted octanol–water partition coefficient (Wildman–Crippen LogP) is 0.683. The highest BCUT2D eigenvalue weighted by atomic mass is 16.1. The van der Waals surface area contributed by atoms with E-state index >= 15 is 0 Å². The van der Waals surface area contributed by atoms with Crippen LogP contribution in [-0.4, -0.2) is 63.0 Å². The van der Waals surface area contributed by atoms with Crippen LogP contribution in [0.4, 0.5) is 0 Å². The predicted molar refractivity (Wildman–Crippen MR) is 78.5 cm³/mol. The first-order valence-electron chi connectivity index (χ1n) is 7.23. The maximum absolute atomic E-state index is 12.1. The number of likely N-dealkylation sites (N-methyl/N-ethyl adjacent to an activating group) is 1. The maximum atomic E-state index is 12.1. The molecular formula is C14H20N6O. The van der Waals surface area contributed by atoms with E-state index in [4.69, 9.17) is 0 Å². The average molecular weight is 288 g/mol. The monoisotopic (exact) mass is 288 g/mol. The second-order valence-electron chi connectivity index (χ2n) is 5.61. The van der Waals surface area contributed by atoms with Gasteiger partial charge in [-0.3, -0.25) is 14.6 Å². The molecule has 1 unspecified atom stereocenters. The van der Waals surface area contributed by atoms with Crippen LogP contribution < -0.4 is 0 Å². The number of nitrogens with zero attached hydrogens (tertiary/aromatic N) is 6. The highest BCUT2D eigenvalue weighted by Gasteiger charge is 2.43. The Labute approximate surface area is 123 Å². The summed E-state index contributed by atoms with van der Waals surface area (Å²) in [6, 6.07) is 0. The molecule has 0 bridgehead atoms. The van der Waals surface area contributed by atoms with E-state index in [9.17, 15) is 4.79 Å². The van der Waals surface area contributed by atoms with Gasteiger partial charge in [-0.15, -0.1) is 0 Å². The molecule has 0 saturated carbocycles. The number of carbonyl (C=O) groups is 1. The smallest absolute Gasteiger partial charge is 0.230 e. The van der Waals surface area contributed by atoms with Gasteiger partial charge in [-0.05, 0) is 26.9 Å². The van der Waals surface area contributed by atoms with E-state index in [2.05, 4.69) is 20.0 Å². The summed E-state index contributed by atoms with van der Waals surface area (Å²) >= 11 is 0. The van der Waals surface area contributed by atoms with E-state index in [0.717, 1.165) is 37.6 Å². The molecule has 1 aliphatic rings. The second-order valence-corrected chi connectivity index (χ2v) is 5.61. The molecule has 0 aliphatic carbocycles. The highest BCUT2D eigenvalue weighted by molar-refractivity contribution is 5.75. The molecule has 1 atom stereocenters. The molecule has 112 valence electrons. The average Bonchev–Trinajstić information content (AvgIpc) is 2.94. The van der Waals surface area contributed by atoms with Gasteiger partial charge in [0, 0.05) is 19.3 Å². The lowest BCUT2D eigenvalue weighted by Gasteiger charge is -2.45. The van der Waals surface area contributed by atoms with Gasteiger partial charge in [-0.25, -0.2) is 14.6 Å². The Balaban J connectivity index is 2.16. The van der Waals surface area contributed by atoms with Crippen LogP contribution in [0.3, 0.4) is 0 Å². The summed E-state index contributed by atoms with van der Waals surface area (Å²) in [5, 5.41) is 5.27. The topological polar surface area (TPSA) is 67.2 Å². The van der Waals surface area contributed by atoms with Crippen LogP contribution in [0, 0.1) is 0 Å². The zero-order valence-corrected chi connectivity index (χ0v) is 12.4. The van der Waals surface area contributed by atoms with Gasteiger partial charge in [0.25, 0.3) is 0 Å². The van der Waals surface area contributed by atoms with Gasteiger partial charge in [-0.1, -0.05) is 6.42 Å². The third-order valence-corrected chi connectivity index (χ3v) is 4.18. The van der Waals surface area contributed by atoms with Crippen molar-refractivity contribution < 1.29 is 4.79 Å². The van der Waals surface area contributed by atoms with Gasteiger partial charge in [0.1, 0.15) is 6.33 Å². The Morgan fingerprint density at radius 3 is 2.67 bits per heavy atom. The van der Waals surface area contributed by atoms with Gasteiger partial charge >= 0.3 is 0 Å². The second kappa shape index (κ2) is 5.50. The fourth-order valence-corrected chi connectivity index (χ4v) is 3.08. The van der Waals surface area contributed by atoms with Crippen molar-refractivity contribution in [3.63, 3.8) is 0 Å². The van der Waals surface area contributed by atoms with Crippen molar-refractivity contribution in [2.45, 2.75) is 25.0 Å². The summed E-state index contributed by atoms with van der Waals surface area (Å²) in [5.74, 6) is -0.934. The fraction of sp³-hybridized carbons (Fsp3) is 0.571. The number of aromatic nitrogens is 4. The molecule has 7 nitrogen and oxygen atoms in total. The molecule has 0 amide bonds. The molecule has 7 heteroatoms. The van der Waals surface area contributed by atoms with Crippen LogP contribution in [0.25, 0.3) is 11.0 Å². The third kappa shape index (κ3) is 2.13. The van der Waals surface area contributed by atoms with Crippen LogP contribution in [0.15, 0.2) is 18.7 Å². The van der Waals surface area contributed by atoms with E-state index < -0.39 is 5.79 Å². The number of hydrogen-bond donors (Lipinski definition) is 0. The first-order chi connectivity index (χ1) is 10.2. The van der Waals surface area contributed by atoms with Crippen LogP contribution >= 0.6 is 0 Å². The van der Waals surface area contributed by atoms with E-state index in [-0.39, 0.29) is 0 Å². The molecule has 1 fully saturated rings. The van der Waals surface area contributed by atoms with Gasteiger partial charge in [0.15, 0.2) is 11.9 Å². The fourth-order valence-electron chi connectivity index (χ4n) is 3.08. The lowest BCUT2D eigenvalue weighted by Crippen LogP contribution is -2.62. The van der Waals surface area contributed by atoms with E-state index in [1.165, 1.54) is 12.7 Å². The quantitative estimate of drug-likeness (QED) is 0.771. The van der Waals surface area contributed by atoms with E-state index in [1.807, 2.05) is 19.0 Å². The van der Waals surface area contributed by atoms with Crippen molar-refractivity contribution >= 4 is 17.3 Å². The number of likely N-dealkylation sites (tertiary alicyclic amines) is 1. The Bertz CT molecular complexity index is 633. The normalized spacial score (nSPS) is 19.8. The number of fused-ring (bicyclic) bond motifs is 1. The number of carbonyl (C=O) groups excluding carboxylic acids is 1. The van der Waals surface area contributed by atoms with Crippen molar-refractivity contribution in [2.24, 2.45) is 0 Å². The third-order valence-electron chi connectivity index (χ3n) is 4.18. The van der Waals surface area contributed by atoms with Gasteiger partial charge < -0.3 is 0 Å². The largest absolute Gasteiger partial charge is 0.297 e. The molecule has 0 spiro atoms. The SMILES string of the molecule is CN(C)C(C=O)(N1CCCCC1)n1ncc2cncnc21. The molecule has 3 rings (SSSR count). The summed E-state index contributed by atoms with van der Waals surface area (Å²) < 4.78 is 1.71. The molecule has 1 saturated heterocycles. The Kier molecular flexibility index (Phi) is 3.69. The molecule has 0 aromatic carbocycles. The molecule has 2 aromatic heterocycles. The van der Waals surface area contributed by atoms with Crippen molar-refractivity contribution in [2.75, 3.05) is 27.2 Å². The molecule has 2 aromatic rings. The Hall–Kier alpha value is -1.86. The summed E-state index contributed by atoms with van der Waals surface area (Å²) in [6.45, 7) is 1.76. The number of hydrogen-bond acceptors (Lipinski definition) is 6. The summed E-state index contributed by atoms with van der Waals surface area (Å²) in [4.78, 5) is 24.5. The van der Waals surface area contributed by atoms with Crippen molar-refractivity contribution in [1.82, 2.24) is 29.5 Å². The van der Waals surface area contributed by atoms with Crippen LogP contribution in [-0.2, 0) is 10.6 Å². The summed E-state index contributed by atoms with van der Waals surface area (Å²) in [7, 11) is 3.80. The highest BCUT2D eigenvalue weighted by Crippen LogP contribution is 2.28. The van der Waals surface area contributed by atoms with E-state index in [1.54, 1.807) is 17.1 Å². The minimum absolute atomic E-state index is 0.677. The summed E-state index contributed by atoms with van der Waals surface area (Å²) in [6.07, 6.45) is 9.28. The molecule has 21 heavy (non-hydrogen) atoms. The molecule has 0 N–H and O–H groups in total. The number of rotatable bonds is 4. The van der Waals surface area contributed by atoms with E-state index in [0.29, 0.717) is 5.65 Å². The molecule has 3 heterocycles. The molecule has 1 aliphatic heterocycles. The van der Waals surface area contributed by atoms with Crippen LogP contribution in [0.1, 0.15) is 19.3 Å². The Morgan fingerprint density at radius 1 is 1.24 bits per heavy atom. The minimum atomic E-state index is -0.934. The van der Waals surface area contributed by atoms with Crippen molar-refractivity contribution in [3.8, 4) is 0 Å². The first-order valence-corrected chi connectivity index (χ1v) is 7.23. The Morgan fingerprint density at radius 2 is 2.00 bits per heavy atom. The molecular weight excluding hydrogens is 268 g/mol. The van der Waals surface area contributed by atoms with Crippen LogP contribution in [0.5, 0.6) is 0 Å². The summed E-state index contributed by atoms with van der Waals surface area (Å²) in [5.41, 5.74) is 0.677. The van der Waals surface area contributed by atoms with Crippen LogP contribution in [0.2, 0.25) is 0 Å². The molecule has 0 radical (unpaired) electrons. The van der Waals surface area contributed by atoms with Crippen molar-refractivity contribution in [3.05, 3.63) is 18.7 Å². The van der Waals surface area contributed by atoms with Gasteiger partial charge in [0.2, 0.25) is 5.79 Å². The van der Waals surface area contributed by atoms with Gasteiger partial charge in [0.05, 0.1) is 11.6 Å². The van der Waals surface area contributed by atoms with Crippen molar-refractivity contribution in [1.29, 1.82) is 0 Å². The standard InChI is InChI=1S/C14H20N6O/c1-18(2)14(10-21,19-6-4-3-5-7-19)20-13-12(9-17-20)8-15-11-16-13/h8-11H,3-7H2,1-2H3. The number of aldehydes is 1. The zero-order valence-electron chi connectivity index (χ0n) is 12.4. The lowest BCUT2D eigenvalue weighted by molar-refractivity contribution is -0.149. The van der Waals surface area contributed by atoms with Gasteiger partial charge in [-0.2, -0.15) is 5.10 Å².